The summed E-state index contributed by atoms with van der Waals surface area (Å²) < 4.78 is 5.19. The monoisotopic (exact) mass is 344 g/mol. The molecular weight excluding hydrogens is 320 g/mol. The summed E-state index contributed by atoms with van der Waals surface area (Å²) in [7, 11) is 1.65. The Balaban J connectivity index is 1.69. The number of carbonyl (C=O) groups excluding carboxylic acids is 1. The zero-order valence-corrected chi connectivity index (χ0v) is 15.3. The molecule has 5 heteroatoms. The Morgan fingerprint density at radius 1 is 1.38 bits per heavy atom. The Hall–Kier alpha value is -1.88. The number of methoxy groups -OCH3 is 1. The molecule has 2 atom stereocenters. The van der Waals surface area contributed by atoms with Crippen LogP contribution in [0.5, 0.6) is 5.75 Å². The lowest BCUT2D eigenvalue weighted by molar-refractivity contribution is -0.133. The molecule has 1 amide bonds. The number of piperidine rings is 1. The Labute approximate surface area is 147 Å². The summed E-state index contributed by atoms with van der Waals surface area (Å²) in [5.41, 5.74) is 2.11. The molecule has 1 aromatic heterocycles. The molecule has 2 aromatic rings. The van der Waals surface area contributed by atoms with Gasteiger partial charge in [0.15, 0.2) is 0 Å². The van der Waals surface area contributed by atoms with Gasteiger partial charge in [0, 0.05) is 30.1 Å². The van der Waals surface area contributed by atoms with Gasteiger partial charge in [0.2, 0.25) is 5.91 Å². The number of amides is 1. The topological polar surface area (TPSA) is 42.4 Å². The van der Waals surface area contributed by atoms with Crippen molar-refractivity contribution in [2.24, 2.45) is 0 Å². The lowest BCUT2D eigenvalue weighted by Crippen LogP contribution is -2.41. The van der Waals surface area contributed by atoms with E-state index in [-0.39, 0.29) is 11.8 Å². The number of aromatic nitrogens is 1. The SMILES string of the molecule is COc1ccc(C(C)C(=O)N2CCCC(c3nc(C)cs3)C2)cc1. The van der Waals surface area contributed by atoms with E-state index in [1.807, 2.05) is 43.0 Å². The molecule has 0 N–H and O–H groups in total. The van der Waals surface area contributed by atoms with Gasteiger partial charge >= 0.3 is 0 Å². The molecule has 2 heterocycles. The normalized spacial score (nSPS) is 19.1. The molecule has 1 saturated heterocycles. The van der Waals surface area contributed by atoms with Gasteiger partial charge in [-0.2, -0.15) is 0 Å². The number of benzene rings is 1. The fourth-order valence-electron chi connectivity index (χ4n) is 3.25. The second-order valence-corrected chi connectivity index (χ2v) is 7.34. The number of aryl methyl sites for hydroxylation is 1. The van der Waals surface area contributed by atoms with Crippen molar-refractivity contribution in [1.29, 1.82) is 0 Å². The first-order valence-electron chi connectivity index (χ1n) is 8.43. The summed E-state index contributed by atoms with van der Waals surface area (Å²) in [5.74, 6) is 1.27. The van der Waals surface area contributed by atoms with Crippen LogP contribution < -0.4 is 4.74 Å². The fraction of sp³-hybridized carbons (Fsp3) is 0.474. The van der Waals surface area contributed by atoms with Crippen LogP contribution in [0.4, 0.5) is 0 Å². The van der Waals surface area contributed by atoms with Crippen molar-refractivity contribution in [1.82, 2.24) is 9.88 Å². The van der Waals surface area contributed by atoms with Gasteiger partial charge in [-0.1, -0.05) is 12.1 Å². The standard InChI is InChI=1S/C19H24N2O2S/c1-13-12-24-18(20-13)16-5-4-10-21(11-16)19(22)14(2)15-6-8-17(23-3)9-7-15/h6-9,12,14,16H,4-5,10-11H2,1-3H3. The second kappa shape index (κ2) is 7.34. The Morgan fingerprint density at radius 2 is 2.12 bits per heavy atom. The van der Waals surface area contributed by atoms with E-state index in [0.29, 0.717) is 5.92 Å². The Bertz CT molecular complexity index is 696. The zero-order chi connectivity index (χ0) is 17.1. The Morgan fingerprint density at radius 3 is 2.75 bits per heavy atom. The molecule has 24 heavy (non-hydrogen) atoms. The predicted octanol–water partition coefficient (Wildman–Crippen LogP) is 3.97. The minimum atomic E-state index is -0.132. The van der Waals surface area contributed by atoms with Crippen molar-refractivity contribution >= 4 is 17.2 Å². The van der Waals surface area contributed by atoms with Gasteiger partial charge in [0.05, 0.1) is 18.0 Å². The molecule has 1 fully saturated rings. The van der Waals surface area contributed by atoms with Crippen LogP contribution in [0.2, 0.25) is 0 Å². The number of nitrogens with zero attached hydrogens (tertiary/aromatic N) is 2. The Kier molecular flexibility index (Phi) is 5.19. The summed E-state index contributed by atoms with van der Waals surface area (Å²) in [6, 6.07) is 7.78. The van der Waals surface area contributed by atoms with Crippen LogP contribution in [0.25, 0.3) is 0 Å². The lowest BCUT2D eigenvalue weighted by atomic mass is 9.95. The van der Waals surface area contributed by atoms with Gasteiger partial charge < -0.3 is 9.64 Å². The van der Waals surface area contributed by atoms with Gasteiger partial charge in [-0.15, -0.1) is 11.3 Å². The summed E-state index contributed by atoms with van der Waals surface area (Å²) in [6.45, 7) is 5.64. The molecule has 0 spiro atoms. The predicted molar refractivity (Wildman–Crippen MR) is 96.8 cm³/mol. The highest BCUT2D eigenvalue weighted by molar-refractivity contribution is 7.09. The quantitative estimate of drug-likeness (QED) is 0.843. The maximum atomic E-state index is 12.9. The van der Waals surface area contributed by atoms with E-state index in [0.717, 1.165) is 42.9 Å². The molecule has 0 aliphatic carbocycles. The average Bonchev–Trinajstić information content (AvgIpc) is 3.07. The highest BCUT2D eigenvalue weighted by Crippen LogP contribution is 2.31. The highest BCUT2D eigenvalue weighted by Gasteiger charge is 2.29. The van der Waals surface area contributed by atoms with Crippen LogP contribution in [0.3, 0.4) is 0 Å². The van der Waals surface area contributed by atoms with Crippen molar-refractivity contribution in [3.63, 3.8) is 0 Å². The molecular formula is C19H24N2O2S. The molecule has 1 aliphatic heterocycles. The number of hydrogen-bond donors (Lipinski definition) is 0. The molecule has 0 saturated carbocycles. The van der Waals surface area contributed by atoms with E-state index in [4.69, 9.17) is 4.74 Å². The van der Waals surface area contributed by atoms with E-state index in [2.05, 4.69) is 10.4 Å². The summed E-state index contributed by atoms with van der Waals surface area (Å²) >= 11 is 1.72. The van der Waals surface area contributed by atoms with Gasteiger partial charge in [-0.3, -0.25) is 4.79 Å². The first kappa shape index (κ1) is 17.0. The van der Waals surface area contributed by atoms with Crippen LogP contribution in [0, 0.1) is 6.92 Å². The number of hydrogen-bond acceptors (Lipinski definition) is 4. The summed E-state index contributed by atoms with van der Waals surface area (Å²) in [6.07, 6.45) is 2.16. The minimum Gasteiger partial charge on any atom is -0.497 e. The van der Waals surface area contributed by atoms with Crippen LogP contribution in [0.15, 0.2) is 29.6 Å². The molecule has 1 aliphatic rings. The molecule has 1 aromatic carbocycles. The zero-order valence-electron chi connectivity index (χ0n) is 14.5. The van der Waals surface area contributed by atoms with Crippen molar-refractivity contribution in [2.45, 2.75) is 38.5 Å². The highest BCUT2D eigenvalue weighted by atomic mass is 32.1. The van der Waals surface area contributed by atoms with Crippen LogP contribution in [-0.4, -0.2) is 36.0 Å². The van der Waals surface area contributed by atoms with Crippen molar-refractivity contribution in [3.05, 3.63) is 45.9 Å². The van der Waals surface area contributed by atoms with E-state index < -0.39 is 0 Å². The van der Waals surface area contributed by atoms with Gasteiger partial charge in [0.25, 0.3) is 0 Å². The third kappa shape index (κ3) is 3.61. The lowest BCUT2D eigenvalue weighted by Gasteiger charge is -2.33. The molecule has 0 radical (unpaired) electrons. The number of carbonyl (C=O) groups is 1. The maximum absolute atomic E-state index is 12.9. The number of likely N-dealkylation sites (tertiary alicyclic amines) is 1. The van der Waals surface area contributed by atoms with Crippen LogP contribution in [-0.2, 0) is 4.79 Å². The first-order valence-corrected chi connectivity index (χ1v) is 9.31. The molecule has 0 bridgehead atoms. The minimum absolute atomic E-state index is 0.132. The summed E-state index contributed by atoms with van der Waals surface area (Å²) in [5, 5.41) is 3.26. The smallest absolute Gasteiger partial charge is 0.229 e. The third-order valence-electron chi connectivity index (χ3n) is 4.71. The van der Waals surface area contributed by atoms with Crippen LogP contribution in [0.1, 0.15) is 47.9 Å². The van der Waals surface area contributed by atoms with Crippen LogP contribution >= 0.6 is 11.3 Å². The molecule has 2 unspecified atom stereocenters. The van der Waals surface area contributed by atoms with Crippen molar-refractivity contribution < 1.29 is 9.53 Å². The number of thiazole rings is 1. The molecule has 128 valence electrons. The van der Waals surface area contributed by atoms with E-state index in [1.54, 1.807) is 18.4 Å². The largest absolute Gasteiger partial charge is 0.497 e. The van der Waals surface area contributed by atoms with Gasteiger partial charge in [-0.25, -0.2) is 4.98 Å². The van der Waals surface area contributed by atoms with E-state index >= 15 is 0 Å². The van der Waals surface area contributed by atoms with Crippen molar-refractivity contribution in [2.75, 3.05) is 20.2 Å². The van der Waals surface area contributed by atoms with E-state index in [9.17, 15) is 4.79 Å². The maximum Gasteiger partial charge on any atom is 0.229 e. The summed E-state index contributed by atoms with van der Waals surface area (Å²) in [4.78, 5) is 19.5. The van der Waals surface area contributed by atoms with Gasteiger partial charge in [0.1, 0.15) is 5.75 Å². The number of ether oxygens (including phenoxy) is 1. The molecule has 4 nitrogen and oxygen atoms in total. The average molecular weight is 344 g/mol. The van der Waals surface area contributed by atoms with Gasteiger partial charge in [-0.05, 0) is 44.4 Å². The first-order chi connectivity index (χ1) is 11.6. The third-order valence-corrected chi connectivity index (χ3v) is 5.83. The fourth-order valence-corrected chi connectivity index (χ4v) is 4.17. The van der Waals surface area contributed by atoms with Crippen molar-refractivity contribution in [3.8, 4) is 5.75 Å². The number of rotatable bonds is 4. The molecule has 3 rings (SSSR count). The second-order valence-electron chi connectivity index (χ2n) is 6.45. The van der Waals surface area contributed by atoms with E-state index in [1.165, 1.54) is 5.01 Å².